The number of hydrogen-bond donors (Lipinski definition) is 1. The topological polar surface area (TPSA) is 85.6 Å². The van der Waals surface area contributed by atoms with Crippen molar-refractivity contribution in [2.45, 2.75) is 43.4 Å². The number of amides is 1. The molecule has 0 aliphatic heterocycles. The molecule has 0 spiro atoms. The second-order valence-electron chi connectivity index (χ2n) is 7.45. The predicted octanol–water partition coefficient (Wildman–Crippen LogP) is 5.58. The maximum Gasteiger partial charge on any atom is 0.287 e. The van der Waals surface area contributed by atoms with Crippen LogP contribution in [0.2, 0.25) is 5.02 Å². The minimum absolute atomic E-state index is 0.0534. The maximum atomic E-state index is 12.6. The molecule has 0 saturated heterocycles. The van der Waals surface area contributed by atoms with E-state index in [1.165, 1.54) is 36.4 Å². The second kappa shape index (κ2) is 10.7. The van der Waals surface area contributed by atoms with Crippen molar-refractivity contribution in [1.29, 1.82) is 0 Å². The van der Waals surface area contributed by atoms with Crippen LogP contribution >= 0.6 is 11.6 Å². The number of ether oxygens (including phenoxy) is 1. The van der Waals surface area contributed by atoms with Crippen LogP contribution in [0, 0.1) is 0 Å². The van der Waals surface area contributed by atoms with E-state index in [-0.39, 0.29) is 28.2 Å². The Hall–Kier alpha value is -2.77. The number of benzene rings is 2. The average Bonchev–Trinajstić information content (AvgIpc) is 3.22. The predicted molar refractivity (Wildman–Crippen MR) is 124 cm³/mol. The fourth-order valence-corrected chi connectivity index (χ4v) is 4.40. The summed E-state index contributed by atoms with van der Waals surface area (Å²) in [7, 11) is -3.62. The summed E-state index contributed by atoms with van der Waals surface area (Å²) < 4.78 is 36.3. The SMILES string of the molecule is CCCCOc1ccc([C@@H](C)NC(=O)c2ccc(CS(=O)(=O)c3ccc(Cl)cc3)o2)cc1. The molecular formula is C24H26ClNO5S. The quantitative estimate of drug-likeness (QED) is 0.387. The van der Waals surface area contributed by atoms with Gasteiger partial charge in [0.2, 0.25) is 0 Å². The smallest absolute Gasteiger partial charge is 0.287 e. The molecule has 0 aliphatic carbocycles. The Morgan fingerprint density at radius 2 is 1.75 bits per heavy atom. The molecule has 0 bridgehead atoms. The number of halogens is 1. The van der Waals surface area contributed by atoms with Crippen molar-refractivity contribution in [3.8, 4) is 5.75 Å². The minimum Gasteiger partial charge on any atom is -0.494 e. The monoisotopic (exact) mass is 475 g/mol. The molecule has 0 unspecified atom stereocenters. The first-order valence-electron chi connectivity index (χ1n) is 10.4. The van der Waals surface area contributed by atoms with Crippen LogP contribution in [0.1, 0.15) is 54.6 Å². The Morgan fingerprint density at radius 3 is 2.41 bits per heavy atom. The van der Waals surface area contributed by atoms with Crippen molar-refractivity contribution in [3.63, 3.8) is 0 Å². The van der Waals surface area contributed by atoms with E-state index >= 15 is 0 Å². The highest BCUT2D eigenvalue weighted by molar-refractivity contribution is 7.90. The van der Waals surface area contributed by atoms with E-state index in [1.54, 1.807) is 0 Å². The first-order chi connectivity index (χ1) is 15.3. The van der Waals surface area contributed by atoms with E-state index in [2.05, 4.69) is 12.2 Å². The summed E-state index contributed by atoms with van der Waals surface area (Å²) in [6.07, 6.45) is 2.07. The molecule has 0 saturated carbocycles. The van der Waals surface area contributed by atoms with Gasteiger partial charge in [0.25, 0.3) is 5.91 Å². The van der Waals surface area contributed by atoms with Gasteiger partial charge in [0.15, 0.2) is 15.6 Å². The zero-order chi connectivity index (χ0) is 23.1. The molecule has 1 aromatic heterocycles. The summed E-state index contributed by atoms with van der Waals surface area (Å²) in [4.78, 5) is 12.7. The molecule has 170 valence electrons. The largest absolute Gasteiger partial charge is 0.494 e. The Balaban J connectivity index is 1.60. The zero-order valence-corrected chi connectivity index (χ0v) is 19.6. The highest BCUT2D eigenvalue weighted by atomic mass is 35.5. The third kappa shape index (κ3) is 6.37. The Morgan fingerprint density at radius 1 is 1.06 bits per heavy atom. The number of unbranched alkanes of at least 4 members (excludes halogenated alkanes) is 1. The number of sulfone groups is 1. The van der Waals surface area contributed by atoms with E-state index < -0.39 is 15.7 Å². The Kier molecular flexibility index (Phi) is 7.99. The van der Waals surface area contributed by atoms with Gasteiger partial charge in [-0.2, -0.15) is 0 Å². The zero-order valence-electron chi connectivity index (χ0n) is 18.0. The van der Waals surface area contributed by atoms with Gasteiger partial charge in [-0.05, 0) is 67.4 Å². The van der Waals surface area contributed by atoms with E-state index in [0.717, 1.165) is 24.2 Å². The second-order valence-corrected chi connectivity index (χ2v) is 9.87. The van der Waals surface area contributed by atoms with E-state index in [9.17, 15) is 13.2 Å². The van der Waals surface area contributed by atoms with E-state index in [1.807, 2.05) is 31.2 Å². The minimum atomic E-state index is -3.62. The Bertz CT molecular complexity index is 1140. The normalized spacial score (nSPS) is 12.3. The van der Waals surface area contributed by atoms with Gasteiger partial charge in [-0.3, -0.25) is 4.79 Å². The number of rotatable bonds is 10. The molecule has 1 atom stereocenters. The van der Waals surface area contributed by atoms with Crippen molar-refractivity contribution in [2.75, 3.05) is 6.61 Å². The van der Waals surface area contributed by atoms with Crippen molar-refractivity contribution < 1.29 is 22.4 Å². The van der Waals surface area contributed by atoms with Gasteiger partial charge >= 0.3 is 0 Å². The molecule has 8 heteroatoms. The van der Waals surface area contributed by atoms with Gasteiger partial charge in [0.05, 0.1) is 17.5 Å². The van der Waals surface area contributed by atoms with Crippen molar-refractivity contribution >= 4 is 27.3 Å². The first kappa shape index (κ1) is 23.9. The summed E-state index contributed by atoms with van der Waals surface area (Å²) in [5.41, 5.74) is 0.915. The average molecular weight is 476 g/mol. The lowest BCUT2D eigenvalue weighted by molar-refractivity contribution is 0.0910. The molecular weight excluding hydrogens is 450 g/mol. The standard InChI is InChI=1S/C24H26ClNO5S/c1-3-4-15-30-20-9-5-18(6-10-20)17(2)26-24(27)23-14-11-21(31-23)16-32(28,29)22-12-7-19(25)8-13-22/h5-14,17H,3-4,15-16H2,1-2H3,(H,26,27)/t17-/m1/s1. The molecule has 0 fully saturated rings. The molecule has 1 heterocycles. The maximum absolute atomic E-state index is 12.6. The highest BCUT2D eigenvalue weighted by Crippen LogP contribution is 2.22. The number of carbonyl (C=O) groups excluding carboxylic acids is 1. The first-order valence-corrected chi connectivity index (χ1v) is 12.4. The van der Waals surface area contributed by atoms with Crippen LogP contribution in [-0.4, -0.2) is 20.9 Å². The van der Waals surface area contributed by atoms with E-state index in [0.29, 0.717) is 11.6 Å². The van der Waals surface area contributed by atoms with Gasteiger partial charge < -0.3 is 14.5 Å². The highest BCUT2D eigenvalue weighted by Gasteiger charge is 2.20. The Labute approximate surface area is 193 Å². The molecule has 6 nitrogen and oxygen atoms in total. The summed E-state index contributed by atoms with van der Waals surface area (Å²) in [5.74, 6) is 0.259. The lowest BCUT2D eigenvalue weighted by atomic mass is 10.1. The van der Waals surface area contributed by atoms with Crippen molar-refractivity contribution in [3.05, 3.63) is 82.8 Å². The molecule has 32 heavy (non-hydrogen) atoms. The van der Waals surface area contributed by atoms with E-state index in [4.69, 9.17) is 20.8 Å². The van der Waals surface area contributed by atoms with Crippen LogP contribution in [0.3, 0.4) is 0 Å². The molecule has 2 aromatic carbocycles. The summed E-state index contributed by atoms with van der Waals surface area (Å²) in [6, 6.07) is 16.2. The molecule has 1 amide bonds. The fraction of sp³-hybridized carbons (Fsp3) is 0.292. The van der Waals surface area contributed by atoms with Crippen LogP contribution < -0.4 is 10.1 Å². The number of furan rings is 1. The van der Waals surface area contributed by atoms with Crippen LogP contribution in [0.5, 0.6) is 5.75 Å². The molecule has 1 N–H and O–H groups in total. The number of carbonyl (C=O) groups is 1. The van der Waals surface area contributed by atoms with Crippen LogP contribution in [0.25, 0.3) is 0 Å². The van der Waals surface area contributed by atoms with Gasteiger partial charge in [0.1, 0.15) is 17.3 Å². The van der Waals surface area contributed by atoms with Gasteiger partial charge in [0, 0.05) is 5.02 Å². The summed E-state index contributed by atoms with van der Waals surface area (Å²) >= 11 is 5.82. The van der Waals surface area contributed by atoms with Crippen molar-refractivity contribution in [2.24, 2.45) is 0 Å². The molecule has 3 aromatic rings. The number of nitrogens with one attached hydrogen (secondary N) is 1. The molecule has 0 aliphatic rings. The van der Waals surface area contributed by atoms with Gasteiger partial charge in [-0.15, -0.1) is 0 Å². The molecule has 3 rings (SSSR count). The van der Waals surface area contributed by atoms with Gasteiger partial charge in [-0.1, -0.05) is 37.1 Å². The van der Waals surface area contributed by atoms with Gasteiger partial charge in [-0.25, -0.2) is 8.42 Å². The third-order valence-corrected chi connectivity index (χ3v) is 6.79. The lowest BCUT2D eigenvalue weighted by Gasteiger charge is -2.14. The van der Waals surface area contributed by atoms with Crippen LogP contribution in [0.4, 0.5) is 0 Å². The third-order valence-electron chi connectivity index (χ3n) is 4.88. The van der Waals surface area contributed by atoms with Crippen LogP contribution in [-0.2, 0) is 15.6 Å². The summed E-state index contributed by atoms with van der Waals surface area (Å²) in [5, 5.41) is 3.31. The molecule has 0 radical (unpaired) electrons. The fourth-order valence-electron chi connectivity index (χ4n) is 3.03. The summed E-state index contributed by atoms with van der Waals surface area (Å²) in [6.45, 7) is 4.65. The van der Waals surface area contributed by atoms with Crippen molar-refractivity contribution in [1.82, 2.24) is 5.32 Å². The number of hydrogen-bond acceptors (Lipinski definition) is 5. The van der Waals surface area contributed by atoms with Crippen LogP contribution in [0.15, 0.2) is 70.0 Å². The lowest BCUT2D eigenvalue weighted by Crippen LogP contribution is -2.26.